The van der Waals surface area contributed by atoms with Crippen LogP contribution in [-0.2, 0) is 4.74 Å². The molecule has 0 saturated heterocycles. The second-order valence-corrected chi connectivity index (χ2v) is 3.21. The molecule has 0 spiro atoms. The van der Waals surface area contributed by atoms with Crippen molar-refractivity contribution in [3.8, 4) is 0 Å². The number of hydrogen-bond donors (Lipinski definition) is 1. The van der Waals surface area contributed by atoms with E-state index in [9.17, 15) is 0 Å². The van der Waals surface area contributed by atoms with Gasteiger partial charge in [-0.05, 0) is 34.1 Å². The summed E-state index contributed by atoms with van der Waals surface area (Å²) in [5.41, 5.74) is 5.59. The molecule has 0 heterocycles. The number of ether oxygens (including phenoxy) is 1. The average molecular weight is 145 g/mol. The highest BCUT2D eigenvalue weighted by molar-refractivity contribution is 4.60. The van der Waals surface area contributed by atoms with Crippen LogP contribution >= 0.6 is 0 Å². The van der Waals surface area contributed by atoms with Crippen LogP contribution in [0.3, 0.4) is 0 Å². The van der Waals surface area contributed by atoms with Crippen molar-refractivity contribution in [1.29, 1.82) is 0 Å². The van der Waals surface area contributed by atoms with Crippen LogP contribution in [0, 0.1) is 0 Å². The van der Waals surface area contributed by atoms with E-state index in [0.29, 0.717) is 12.2 Å². The Kier molecular flexibility index (Phi) is 4.65. The van der Waals surface area contributed by atoms with Crippen molar-refractivity contribution < 1.29 is 4.74 Å². The Morgan fingerprint density at radius 2 is 1.70 bits per heavy atom. The van der Waals surface area contributed by atoms with Gasteiger partial charge in [0, 0.05) is 6.04 Å². The maximum absolute atomic E-state index is 5.59. The standard InChI is InChI=1S/C8H19NO/c1-6(2)10-8(4)5-7(3)9/h6-8H,5,9H2,1-4H3. The van der Waals surface area contributed by atoms with Crippen molar-refractivity contribution in [2.24, 2.45) is 5.73 Å². The summed E-state index contributed by atoms with van der Waals surface area (Å²) < 4.78 is 5.48. The monoisotopic (exact) mass is 145 g/mol. The minimum Gasteiger partial charge on any atom is -0.376 e. The van der Waals surface area contributed by atoms with Crippen LogP contribution in [0.5, 0.6) is 0 Å². The highest BCUT2D eigenvalue weighted by atomic mass is 16.5. The minimum absolute atomic E-state index is 0.244. The summed E-state index contributed by atoms with van der Waals surface area (Å²) in [6.07, 6.45) is 1.55. The first-order valence-corrected chi connectivity index (χ1v) is 3.93. The maximum Gasteiger partial charge on any atom is 0.0565 e. The van der Waals surface area contributed by atoms with Crippen LogP contribution in [0.1, 0.15) is 34.1 Å². The normalized spacial score (nSPS) is 17.4. The number of nitrogens with two attached hydrogens (primary N) is 1. The van der Waals surface area contributed by atoms with Gasteiger partial charge in [-0.2, -0.15) is 0 Å². The fourth-order valence-corrected chi connectivity index (χ4v) is 1.04. The molecule has 0 aromatic heterocycles. The Morgan fingerprint density at radius 1 is 1.20 bits per heavy atom. The fraction of sp³-hybridized carbons (Fsp3) is 1.00. The molecule has 0 fully saturated rings. The number of rotatable bonds is 4. The molecule has 0 aromatic carbocycles. The summed E-state index contributed by atoms with van der Waals surface area (Å²) in [6.45, 7) is 8.14. The smallest absolute Gasteiger partial charge is 0.0565 e. The predicted molar refractivity (Wildman–Crippen MR) is 43.9 cm³/mol. The maximum atomic E-state index is 5.59. The van der Waals surface area contributed by atoms with E-state index in [4.69, 9.17) is 10.5 Å². The third-order valence-corrected chi connectivity index (χ3v) is 1.21. The summed E-state index contributed by atoms with van der Waals surface area (Å²) in [7, 11) is 0. The van der Waals surface area contributed by atoms with Crippen molar-refractivity contribution >= 4 is 0 Å². The van der Waals surface area contributed by atoms with Crippen LogP contribution in [0.4, 0.5) is 0 Å². The third-order valence-electron chi connectivity index (χ3n) is 1.21. The van der Waals surface area contributed by atoms with Gasteiger partial charge in [-0.3, -0.25) is 0 Å². The Bertz CT molecular complexity index is 71.3. The van der Waals surface area contributed by atoms with Gasteiger partial charge in [0.15, 0.2) is 0 Å². The van der Waals surface area contributed by atoms with E-state index in [0.717, 1.165) is 6.42 Å². The Morgan fingerprint density at radius 3 is 2.00 bits per heavy atom. The van der Waals surface area contributed by atoms with Gasteiger partial charge in [-0.1, -0.05) is 0 Å². The fourth-order valence-electron chi connectivity index (χ4n) is 1.04. The van der Waals surface area contributed by atoms with Crippen molar-refractivity contribution in [3.63, 3.8) is 0 Å². The summed E-state index contributed by atoms with van der Waals surface area (Å²) in [5, 5.41) is 0. The number of hydrogen-bond acceptors (Lipinski definition) is 2. The van der Waals surface area contributed by atoms with Crippen LogP contribution in [0.15, 0.2) is 0 Å². The van der Waals surface area contributed by atoms with Crippen LogP contribution < -0.4 is 5.73 Å². The molecule has 0 amide bonds. The SMILES string of the molecule is CC(N)CC(C)OC(C)C. The average Bonchev–Trinajstić information content (AvgIpc) is 1.58. The van der Waals surface area contributed by atoms with E-state index in [1.807, 2.05) is 20.8 Å². The minimum atomic E-state index is 0.244. The molecule has 2 unspecified atom stereocenters. The molecule has 0 saturated carbocycles. The van der Waals surface area contributed by atoms with Crippen molar-refractivity contribution in [2.75, 3.05) is 0 Å². The van der Waals surface area contributed by atoms with Gasteiger partial charge in [0.25, 0.3) is 0 Å². The Hall–Kier alpha value is -0.0800. The van der Waals surface area contributed by atoms with Gasteiger partial charge in [0.2, 0.25) is 0 Å². The van der Waals surface area contributed by atoms with E-state index in [-0.39, 0.29) is 6.04 Å². The van der Waals surface area contributed by atoms with E-state index in [1.165, 1.54) is 0 Å². The molecule has 0 aliphatic rings. The van der Waals surface area contributed by atoms with Gasteiger partial charge in [-0.25, -0.2) is 0 Å². The van der Waals surface area contributed by atoms with Crippen LogP contribution in [0.2, 0.25) is 0 Å². The summed E-state index contributed by atoms with van der Waals surface area (Å²) in [5.74, 6) is 0. The van der Waals surface area contributed by atoms with E-state index in [2.05, 4.69) is 6.92 Å². The Labute approximate surface area is 63.7 Å². The van der Waals surface area contributed by atoms with E-state index in [1.54, 1.807) is 0 Å². The molecule has 0 rings (SSSR count). The van der Waals surface area contributed by atoms with E-state index < -0.39 is 0 Å². The van der Waals surface area contributed by atoms with Crippen LogP contribution in [-0.4, -0.2) is 18.2 Å². The van der Waals surface area contributed by atoms with Gasteiger partial charge >= 0.3 is 0 Å². The lowest BCUT2D eigenvalue weighted by molar-refractivity contribution is 0.0118. The molecule has 0 bridgehead atoms. The third kappa shape index (κ3) is 6.05. The molecule has 0 aromatic rings. The first-order valence-electron chi connectivity index (χ1n) is 3.93. The van der Waals surface area contributed by atoms with E-state index >= 15 is 0 Å². The molecule has 0 aliphatic heterocycles. The highest BCUT2D eigenvalue weighted by Gasteiger charge is 2.06. The molecular formula is C8H19NO. The lowest BCUT2D eigenvalue weighted by Gasteiger charge is -2.17. The van der Waals surface area contributed by atoms with Gasteiger partial charge in [-0.15, -0.1) is 0 Å². The highest BCUT2D eigenvalue weighted by Crippen LogP contribution is 2.03. The lowest BCUT2D eigenvalue weighted by Crippen LogP contribution is -2.24. The second kappa shape index (κ2) is 4.69. The first kappa shape index (κ1) is 9.92. The van der Waals surface area contributed by atoms with Gasteiger partial charge < -0.3 is 10.5 Å². The topological polar surface area (TPSA) is 35.2 Å². The summed E-state index contributed by atoms with van der Waals surface area (Å²) in [4.78, 5) is 0. The largest absolute Gasteiger partial charge is 0.376 e. The lowest BCUT2D eigenvalue weighted by atomic mass is 10.2. The zero-order valence-corrected chi connectivity index (χ0v) is 7.42. The quantitative estimate of drug-likeness (QED) is 0.651. The molecule has 0 aliphatic carbocycles. The second-order valence-electron chi connectivity index (χ2n) is 3.21. The van der Waals surface area contributed by atoms with Crippen LogP contribution in [0.25, 0.3) is 0 Å². The molecular weight excluding hydrogens is 126 g/mol. The summed E-state index contributed by atoms with van der Waals surface area (Å²) >= 11 is 0. The molecule has 2 heteroatoms. The van der Waals surface area contributed by atoms with Crippen molar-refractivity contribution in [3.05, 3.63) is 0 Å². The van der Waals surface area contributed by atoms with Crippen molar-refractivity contribution in [2.45, 2.75) is 52.4 Å². The first-order chi connectivity index (χ1) is 4.52. The molecule has 2 N–H and O–H groups in total. The molecule has 0 radical (unpaired) electrons. The molecule has 2 nitrogen and oxygen atoms in total. The Balaban J connectivity index is 3.34. The zero-order chi connectivity index (χ0) is 8.15. The molecule has 62 valence electrons. The molecule has 10 heavy (non-hydrogen) atoms. The predicted octanol–water partition coefficient (Wildman–Crippen LogP) is 1.54. The van der Waals surface area contributed by atoms with Gasteiger partial charge in [0.1, 0.15) is 0 Å². The summed E-state index contributed by atoms with van der Waals surface area (Å²) in [6, 6.07) is 0.244. The molecule has 2 atom stereocenters. The van der Waals surface area contributed by atoms with Crippen molar-refractivity contribution in [1.82, 2.24) is 0 Å². The van der Waals surface area contributed by atoms with Gasteiger partial charge in [0.05, 0.1) is 12.2 Å². The zero-order valence-electron chi connectivity index (χ0n) is 7.42.